The van der Waals surface area contributed by atoms with Crippen LogP contribution in [-0.2, 0) is 4.57 Å². The largest absolute Gasteiger partial charge is 0.584 e. The molecule has 0 aromatic heterocycles. The van der Waals surface area contributed by atoms with E-state index in [0.717, 1.165) is 0 Å². The van der Waals surface area contributed by atoms with E-state index in [2.05, 4.69) is 0 Å². The average Bonchev–Trinajstić information content (AvgIpc) is 2.50. The zero-order valence-electron chi connectivity index (χ0n) is 11.6. The summed E-state index contributed by atoms with van der Waals surface area (Å²) in [4.78, 5) is 12.5. The smallest absolute Gasteiger partial charge is 0.395 e. The van der Waals surface area contributed by atoms with Gasteiger partial charge in [0.05, 0.1) is 0 Å². The monoisotopic (exact) mass is 334 g/mol. The lowest BCUT2D eigenvalue weighted by Gasteiger charge is -2.13. The van der Waals surface area contributed by atoms with Gasteiger partial charge in [0, 0.05) is 0 Å². The van der Waals surface area contributed by atoms with Crippen LogP contribution in [0.2, 0.25) is 0 Å². The molecule has 0 aliphatic carbocycles. The Hall–Kier alpha value is -3.15. The Morgan fingerprint density at radius 2 is 1.00 bits per heavy atom. The first-order valence-corrected chi connectivity index (χ1v) is 7.27. The highest BCUT2D eigenvalue weighted by Crippen LogP contribution is 2.43. The minimum absolute atomic E-state index is 0.286. The number of nitrogens with zero attached hydrogens (tertiary/aromatic N) is 6. The molecule has 0 aliphatic rings. The van der Waals surface area contributed by atoms with Crippen molar-refractivity contribution in [3.05, 3.63) is 92.6 Å². The van der Waals surface area contributed by atoms with Crippen molar-refractivity contribution in [3.63, 3.8) is 0 Å². The molecule has 0 spiro atoms. The third-order valence-corrected chi connectivity index (χ3v) is 2.81. The van der Waals surface area contributed by atoms with Crippen molar-refractivity contribution in [1.29, 1.82) is 0 Å². The first-order chi connectivity index (χ1) is 11.0. The summed E-state index contributed by atoms with van der Waals surface area (Å²) in [5.74, 6) is 0.573. The molecule has 0 amide bonds. The molecule has 10 nitrogen and oxygen atoms in total. The van der Waals surface area contributed by atoms with E-state index in [0.29, 0.717) is 0 Å². The highest BCUT2D eigenvalue weighted by molar-refractivity contribution is 7.48. The van der Waals surface area contributed by atoms with Crippen molar-refractivity contribution in [3.8, 4) is 11.5 Å². The van der Waals surface area contributed by atoms with Crippen molar-refractivity contribution < 1.29 is 18.5 Å². The Morgan fingerprint density at radius 3 is 1.26 bits per heavy atom. The summed E-state index contributed by atoms with van der Waals surface area (Å²) in [6, 6.07) is 16.7. The fourth-order valence-electron chi connectivity index (χ4n) is 1.25. The summed E-state index contributed by atoms with van der Waals surface area (Å²) < 4.78 is 21.5. The van der Waals surface area contributed by atoms with E-state index >= 15 is 0 Å². The third-order valence-electron chi connectivity index (χ3n) is 1.93. The molecule has 0 saturated carbocycles. The molecule has 0 unspecified atom stereocenters. The van der Waals surface area contributed by atoms with Crippen LogP contribution in [0.1, 0.15) is 0 Å². The maximum absolute atomic E-state index is 11.7. The predicted octanol–water partition coefficient (Wildman–Crippen LogP) is 4.98. The van der Waals surface area contributed by atoms with E-state index in [-0.39, 0.29) is 11.5 Å². The molecule has 2 rings (SSSR count). The van der Waals surface area contributed by atoms with Gasteiger partial charge in [-0.25, -0.2) is 4.57 Å². The fraction of sp³-hybridized carbons (Fsp3) is 0. The van der Waals surface area contributed by atoms with Gasteiger partial charge in [-0.3, -0.25) is 14.7 Å². The second kappa shape index (κ2) is 11.5. The maximum Gasteiger partial charge on any atom is 0.584 e. The highest BCUT2D eigenvalue weighted by atomic mass is 31.2. The zero-order valence-corrected chi connectivity index (χ0v) is 12.5. The fourth-order valence-corrected chi connectivity index (χ4v) is 2.06. The molecule has 0 radical (unpaired) electrons. The first-order valence-electron chi connectivity index (χ1n) is 5.78. The summed E-state index contributed by atoms with van der Waals surface area (Å²) in [5, 5.41) is 0. The number of phosphoric ester groups is 1. The van der Waals surface area contributed by atoms with E-state index in [1.165, 1.54) is 9.82 Å². The Bertz CT molecular complexity index is 628. The van der Waals surface area contributed by atoms with Crippen molar-refractivity contribution in [2.24, 2.45) is 0 Å². The third kappa shape index (κ3) is 10.3. The van der Waals surface area contributed by atoms with E-state index in [4.69, 9.17) is 31.2 Å². The van der Waals surface area contributed by atoms with Gasteiger partial charge in [-0.1, -0.05) is 36.4 Å². The second-order valence-electron chi connectivity index (χ2n) is 3.46. The lowest BCUT2D eigenvalue weighted by atomic mass is 10.3. The minimum Gasteiger partial charge on any atom is -0.395 e. The molecule has 0 aliphatic heterocycles. The zero-order chi connectivity index (χ0) is 17.6. The van der Waals surface area contributed by atoms with E-state index < -0.39 is 7.82 Å². The number of hydrogen-bond donors (Lipinski definition) is 1. The quantitative estimate of drug-likeness (QED) is 0.359. The van der Waals surface area contributed by atoms with Crippen LogP contribution in [0.15, 0.2) is 60.7 Å². The number of hydrogen-bond acceptors (Lipinski definition) is 3. The molecule has 120 valence electrons. The normalized spacial score (nSPS) is 8.74. The van der Waals surface area contributed by atoms with Crippen LogP contribution < -0.4 is 9.05 Å². The van der Waals surface area contributed by atoms with Crippen LogP contribution in [0.5, 0.6) is 11.5 Å². The van der Waals surface area contributed by atoms with Crippen molar-refractivity contribution in [2.45, 2.75) is 0 Å². The van der Waals surface area contributed by atoms with Gasteiger partial charge in [-0.2, -0.15) is 0 Å². The number of para-hydroxylation sites is 2. The molecule has 23 heavy (non-hydrogen) atoms. The van der Waals surface area contributed by atoms with Gasteiger partial charge in [-0.05, 0) is 24.3 Å². The number of benzene rings is 2. The Kier molecular flexibility index (Phi) is 9.93. The number of phosphoric acid groups is 1. The molecule has 2 aromatic rings. The van der Waals surface area contributed by atoms with Gasteiger partial charge in [0.2, 0.25) is 0 Å². The van der Waals surface area contributed by atoms with Crippen molar-refractivity contribution in [2.75, 3.05) is 0 Å². The molecule has 2 aromatic carbocycles. The number of rotatable bonds is 4. The lowest BCUT2D eigenvalue weighted by molar-refractivity contribution is 0.291. The van der Waals surface area contributed by atoms with Gasteiger partial charge >= 0.3 is 7.82 Å². The van der Waals surface area contributed by atoms with Crippen LogP contribution in [0.4, 0.5) is 0 Å². The predicted molar refractivity (Wildman–Crippen MR) is 84.1 cm³/mol. The summed E-state index contributed by atoms with van der Waals surface area (Å²) in [5.41, 5.74) is 27.0. The van der Waals surface area contributed by atoms with Crippen LogP contribution >= 0.6 is 7.82 Å². The summed E-state index contributed by atoms with van der Waals surface area (Å²) in [6.45, 7) is 0. The summed E-state index contributed by atoms with van der Waals surface area (Å²) >= 11 is 0. The van der Waals surface area contributed by atoms with Gasteiger partial charge in [-0.15, -0.1) is 0 Å². The van der Waals surface area contributed by atoms with Crippen molar-refractivity contribution >= 4 is 7.82 Å². The Labute approximate surface area is 131 Å². The average molecular weight is 334 g/mol. The van der Waals surface area contributed by atoms with Crippen LogP contribution in [0, 0.1) is 0 Å². The van der Waals surface area contributed by atoms with Crippen molar-refractivity contribution in [1.82, 2.24) is 0 Å². The standard InChI is InChI=1S/C12H11O4P.2N3/c13-17(14,15-11-7-3-1-4-8-11)16-12-9-5-2-6-10-12;2*1-3-2/h1-10H,(H,13,14);;/q;2*-1. The van der Waals surface area contributed by atoms with Gasteiger partial charge in [0.1, 0.15) is 11.5 Å². The van der Waals surface area contributed by atoms with Crippen LogP contribution in [0.3, 0.4) is 0 Å². The topological polar surface area (TPSA) is 173 Å². The summed E-state index contributed by atoms with van der Waals surface area (Å²) in [6.07, 6.45) is 0. The van der Waals surface area contributed by atoms with Gasteiger partial charge in [0.25, 0.3) is 0 Å². The Morgan fingerprint density at radius 1 is 0.739 bits per heavy atom. The van der Waals surface area contributed by atoms with E-state index in [1.54, 1.807) is 60.7 Å². The van der Waals surface area contributed by atoms with Gasteiger partial charge < -0.3 is 31.2 Å². The molecule has 0 saturated heterocycles. The minimum atomic E-state index is -4.14. The van der Waals surface area contributed by atoms with Crippen LogP contribution in [0.25, 0.3) is 31.9 Å². The molecule has 11 heteroatoms. The molecule has 0 bridgehead atoms. The van der Waals surface area contributed by atoms with Crippen LogP contribution in [-0.4, -0.2) is 4.89 Å². The first kappa shape index (κ1) is 19.9. The lowest BCUT2D eigenvalue weighted by Crippen LogP contribution is -1.99. The molecule has 0 fully saturated rings. The van der Waals surface area contributed by atoms with E-state index in [9.17, 15) is 9.46 Å². The SMILES string of the molecule is O=P(O)(Oc1ccccc1)Oc1ccccc1.[N-]=[N+]=[N-].[N-]=[N+]=[N-]. The van der Waals surface area contributed by atoms with E-state index in [1.807, 2.05) is 0 Å². The molecule has 0 atom stereocenters. The molecule has 0 heterocycles. The molecular weight excluding hydrogens is 323 g/mol. The Balaban J connectivity index is 0.000000704. The molecule has 1 N–H and O–H groups in total. The molecular formula is C12H11N6O4P-2. The second-order valence-corrected chi connectivity index (χ2v) is 4.76. The van der Waals surface area contributed by atoms with Gasteiger partial charge in [0.15, 0.2) is 0 Å². The highest BCUT2D eigenvalue weighted by Gasteiger charge is 2.24. The summed E-state index contributed by atoms with van der Waals surface area (Å²) in [7, 11) is -4.14. The maximum atomic E-state index is 11.7.